The summed E-state index contributed by atoms with van der Waals surface area (Å²) in [5.41, 5.74) is 2.89. The number of nitrogens with one attached hydrogen (secondary N) is 1. The van der Waals surface area contributed by atoms with Crippen molar-refractivity contribution in [3.05, 3.63) is 94.5 Å². The molecule has 0 atom stereocenters. The number of hydrogen-bond acceptors (Lipinski definition) is 6. The van der Waals surface area contributed by atoms with Crippen molar-refractivity contribution in [2.24, 2.45) is 0 Å². The zero-order chi connectivity index (χ0) is 22.5. The number of anilines is 1. The second kappa shape index (κ2) is 9.44. The number of thioether (sulfide) groups is 1. The molecule has 0 spiro atoms. The number of nitrogens with zero attached hydrogens (tertiary/aromatic N) is 4. The molecule has 1 aromatic heterocycles. The van der Waals surface area contributed by atoms with E-state index in [-0.39, 0.29) is 23.0 Å². The second-order valence-corrected chi connectivity index (χ2v) is 7.90. The number of hydrogen-bond donors (Lipinski definition) is 1. The number of carbonyl (C=O) groups is 1. The lowest BCUT2D eigenvalue weighted by atomic mass is 10.1. The summed E-state index contributed by atoms with van der Waals surface area (Å²) in [6.07, 6.45) is 0. The molecule has 0 fully saturated rings. The summed E-state index contributed by atoms with van der Waals surface area (Å²) in [4.78, 5) is 23.2. The third kappa shape index (κ3) is 4.68. The molecule has 0 saturated heterocycles. The predicted octanol–water partition coefficient (Wildman–Crippen LogP) is 4.88. The number of para-hydroxylation sites is 3. The lowest BCUT2D eigenvalue weighted by Crippen LogP contribution is -2.15. The number of amides is 1. The Morgan fingerprint density at radius 2 is 1.78 bits per heavy atom. The summed E-state index contributed by atoms with van der Waals surface area (Å²) in [6, 6.07) is 23.7. The Bertz CT molecular complexity index is 1270. The summed E-state index contributed by atoms with van der Waals surface area (Å²) in [7, 11) is 0. The van der Waals surface area contributed by atoms with E-state index in [1.165, 1.54) is 23.9 Å². The maximum absolute atomic E-state index is 12.5. The molecule has 3 aromatic carbocycles. The normalized spacial score (nSPS) is 10.7. The first kappa shape index (κ1) is 21.3. The number of benzene rings is 3. The molecule has 0 bridgehead atoms. The van der Waals surface area contributed by atoms with Gasteiger partial charge in [0.05, 0.1) is 10.7 Å². The molecule has 9 heteroatoms. The number of carbonyl (C=O) groups excluding carboxylic acids is 1. The molecule has 1 N–H and O–H groups in total. The van der Waals surface area contributed by atoms with Crippen LogP contribution in [0.15, 0.2) is 84.0 Å². The number of aromatic nitrogens is 3. The molecular formula is C23H19N5O3S. The van der Waals surface area contributed by atoms with Gasteiger partial charge in [0, 0.05) is 17.3 Å². The summed E-state index contributed by atoms with van der Waals surface area (Å²) in [5.74, 6) is 0.315. The first-order valence-electron chi connectivity index (χ1n) is 9.77. The highest BCUT2D eigenvalue weighted by Gasteiger charge is 2.19. The largest absolute Gasteiger partial charge is 0.320 e. The summed E-state index contributed by atoms with van der Waals surface area (Å²) < 4.78 is 1.90. The zero-order valence-corrected chi connectivity index (χ0v) is 18.0. The Morgan fingerprint density at radius 1 is 1.03 bits per heavy atom. The van der Waals surface area contributed by atoms with Gasteiger partial charge < -0.3 is 5.32 Å². The van der Waals surface area contributed by atoms with Crippen molar-refractivity contribution in [1.29, 1.82) is 0 Å². The van der Waals surface area contributed by atoms with Crippen molar-refractivity contribution in [2.45, 2.75) is 12.1 Å². The van der Waals surface area contributed by atoms with E-state index in [1.54, 1.807) is 12.1 Å². The monoisotopic (exact) mass is 445 g/mol. The van der Waals surface area contributed by atoms with Gasteiger partial charge in [0.25, 0.3) is 5.69 Å². The van der Waals surface area contributed by atoms with Crippen molar-refractivity contribution >= 4 is 29.0 Å². The molecule has 4 aromatic rings. The molecule has 0 saturated carbocycles. The van der Waals surface area contributed by atoms with Gasteiger partial charge in [-0.2, -0.15) is 0 Å². The molecule has 4 rings (SSSR count). The fourth-order valence-electron chi connectivity index (χ4n) is 3.20. The first-order valence-corrected chi connectivity index (χ1v) is 10.8. The van der Waals surface area contributed by atoms with E-state index < -0.39 is 4.92 Å². The Kier molecular flexibility index (Phi) is 6.27. The van der Waals surface area contributed by atoms with Crippen LogP contribution in [-0.2, 0) is 4.79 Å². The highest BCUT2D eigenvalue weighted by molar-refractivity contribution is 7.99. The van der Waals surface area contributed by atoms with E-state index in [2.05, 4.69) is 15.5 Å². The van der Waals surface area contributed by atoms with Crippen molar-refractivity contribution < 1.29 is 9.72 Å². The van der Waals surface area contributed by atoms with Crippen LogP contribution in [0, 0.1) is 17.0 Å². The molecule has 0 aliphatic rings. The Balaban J connectivity index is 1.59. The second-order valence-electron chi connectivity index (χ2n) is 6.96. The third-order valence-corrected chi connectivity index (χ3v) is 5.56. The summed E-state index contributed by atoms with van der Waals surface area (Å²) >= 11 is 1.21. The van der Waals surface area contributed by atoms with E-state index in [1.807, 2.05) is 66.1 Å². The maximum atomic E-state index is 12.5. The van der Waals surface area contributed by atoms with Gasteiger partial charge in [-0.15, -0.1) is 10.2 Å². The van der Waals surface area contributed by atoms with Crippen molar-refractivity contribution in [2.75, 3.05) is 11.1 Å². The van der Waals surface area contributed by atoms with E-state index in [4.69, 9.17) is 0 Å². The fraction of sp³-hybridized carbons (Fsp3) is 0.0870. The SMILES string of the molecule is Cc1cccc(-c2nnc(SCC(=O)Nc3ccccc3[N+](=O)[O-])n2-c2ccccc2)c1. The first-order chi connectivity index (χ1) is 15.5. The molecule has 1 heterocycles. The van der Waals surface area contributed by atoms with Gasteiger partial charge in [-0.05, 0) is 31.2 Å². The summed E-state index contributed by atoms with van der Waals surface area (Å²) in [6.45, 7) is 2.01. The van der Waals surface area contributed by atoms with Gasteiger partial charge in [-0.3, -0.25) is 19.5 Å². The molecule has 32 heavy (non-hydrogen) atoms. The van der Waals surface area contributed by atoms with Crippen LogP contribution >= 0.6 is 11.8 Å². The van der Waals surface area contributed by atoms with E-state index in [0.29, 0.717) is 11.0 Å². The van der Waals surface area contributed by atoms with Crippen LogP contribution in [0.1, 0.15) is 5.56 Å². The fourth-order valence-corrected chi connectivity index (χ4v) is 3.95. The smallest absolute Gasteiger partial charge is 0.292 e. The summed E-state index contributed by atoms with van der Waals surface area (Å²) in [5, 5.41) is 23.0. The van der Waals surface area contributed by atoms with Crippen molar-refractivity contribution in [3.63, 3.8) is 0 Å². The highest BCUT2D eigenvalue weighted by atomic mass is 32.2. The van der Waals surface area contributed by atoms with Gasteiger partial charge >= 0.3 is 0 Å². The number of nitro benzene ring substituents is 1. The Morgan fingerprint density at radius 3 is 2.53 bits per heavy atom. The molecule has 8 nitrogen and oxygen atoms in total. The standard InChI is InChI=1S/C23H19N5O3S/c1-16-8-7-9-17(14-16)22-25-26-23(27(22)18-10-3-2-4-11-18)32-15-21(29)24-19-12-5-6-13-20(19)28(30)31/h2-14H,15H2,1H3,(H,24,29). The van der Waals surface area contributed by atoms with Gasteiger partial charge in [0.15, 0.2) is 11.0 Å². The minimum absolute atomic E-state index is 0.0187. The van der Waals surface area contributed by atoms with E-state index >= 15 is 0 Å². The molecule has 1 amide bonds. The number of aryl methyl sites for hydroxylation is 1. The third-order valence-electron chi connectivity index (χ3n) is 4.63. The predicted molar refractivity (Wildman–Crippen MR) is 124 cm³/mol. The molecule has 0 aliphatic carbocycles. The Hall–Kier alpha value is -3.98. The molecule has 160 valence electrons. The van der Waals surface area contributed by atoms with Gasteiger partial charge in [-0.1, -0.05) is 65.9 Å². The van der Waals surface area contributed by atoms with Crippen molar-refractivity contribution in [3.8, 4) is 17.1 Å². The van der Waals surface area contributed by atoms with E-state index in [0.717, 1.165) is 16.8 Å². The maximum Gasteiger partial charge on any atom is 0.292 e. The van der Waals surface area contributed by atoms with E-state index in [9.17, 15) is 14.9 Å². The molecule has 0 radical (unpaired) electrons. The lowest BCUT2D eigenvalue weighted by Gasteiger charge is -2.11. The number of nitro groups is 1. The number of rotatable bonds is 7. The van der Waals surface area contributed by atoms with Crippen LogP contribution in [0.2, 0.25) is 0 Å². The zero-order valence-electron chi connectivity index (χ0n) is 17.1. The van der Waals surface area contributed by atoms with Crippen LogP contribution in [-0.4, -0.2) is 31.3 Å². The van der Waals surface area contributed by atoms with Crippen LogP contribution in [0.4, 0.5) is 11.4 Å². The quantitative estimate of drug-likeness (QED) is 0.247. The average Bonchev–Trinajstić information content (AvgIpc) is 3.22. The topological polar surface area (TPSA) is 103 Å². The van der Waals surface area contributed by atoms with Gasteiger partial charge in [0.2, 0.25) is 5.91 Å². The van der Waals surface area contributed by atoms with Crippen LogP contribution in [0.25, 0.3) is 17.1 Å². The molecular weight excluding hydrogens is 426 g/mol. The molecule has 0 unspecified atom stereocenters. The van der Waals surface area contributed by atoms with Crippen molar-refractivity contribution in [1.82, 2.24) is 14.8 Å². The Labute approximate surface area is 188 Å². The van der Waals surface area contributed by atoms with Gasteiger partial charge in [-0.25, -0.2) is 0 Å². The van der Waals surface area contributed by atoms with Crippen LogP contribution in [0.5, 0.6) is 0 Å². The lowest BCUT2D eigenvalue weighted by molar-refractivity contribution is -0.383. The minimum Gasteiger partial charge on any atom is -0.320 e. The minimum atomic E-state index is -0.525. The van der Waals surface area contributed by atoms with Gasteiger partial charge in [0.1, 0.15) is 5.69 Å². The van der Waals surface area contributed by atoms with Crippen LogP contribution in [0.3, 0.4) is 0 Å². The average molecular weight is 446 g/mol. The van der Waals surface area contributed by atoms with Crippen LogP contribution < -0.4 is 5.32 Å². The molecule has 0 aliphatic heterocycles. The highest BCUT2D eigenvalue weighted by Crippen LogP contribution is 2.29.